The van der Waals surface area contributed by atoms with E-state index in [2.05, 4.69) is 43.5 Å². The van der Waals surface area contributed by atoms with Crippen LogP contribution >= 0.6 is 0 Å². The number of nitrogens with one attached hydrogen (secondary N) is 1. The second kappa shape index (κ2) is 78.8. The Morgan fingerprint density at radius 3 is 0.865 bits per heavy atom. The van der Waals surface area contributed by atoms with Crippen LogP contribution in [0.1, 0.15) is 470 Å². The maximum Gasteiger partial charge on any atom is 0.305 e. The molecular formula is C83H161NO5. The summed E-state index contributed by atoms with van der Waals surface area (Å²) in [6.07, 6.45) is 101. The van der Waals surface area contributed by atoms with Gasteiger partial charge in [0.1, 0.15) is 0 Å². The van der Waals surface area contributed by atoms with E-state index in [1.54, 1.807) is 0 Å². The van der Waals surface area contributed by atoms with Gasteiger partial charge in [0.15, 0.2) is 0 Å². The monoisotopic (exact) mass is 1250 g/mol. The molecule has 0 aromatic rings. The Labute approximate surface area is 558 Å². The summed E-state index contributed by atoms with van der Waals surface area (Å²) in [5.41, 5.74) is 0. The minimum absolute atomic E-state index is 0.00832. The second-order valence-electron chi connectivity index (χ2n) is 28.5. The zero-order valence-electron chi connectivity index (χ0n) is 60.7. The van der Waals surface area contributed by atoms with E-state index in [1.165, 1.54) is 385 Å². The Kier molecular flexibility index (Phi) is 77.3. The maximum atomic E-state index is 12.6. The van der Waals surface area contributed by atoms with Gasteiger partial charge in [-0.25, -0.2) is 0 Å². The molecule has 0 aromatic carbocycles. The molecule has 89 heavy (non-hydrogen) atoms. The minimum atomic E-state index is -0.663. The van der Waals surface area contributed by atoms with Crippen molar-refractivity contribution in [1.82, 2.24) is 5.32 Å². The van der Waals surface area contributed by atoms with Crippen LogP contribution in [0, 0.1) is 0 Å². The van der Waals surface area contributed by atoms with E-state index in [-0.39, 0.29) is 18.5 Å². The third-order valence-electron chi connectivity index (χ3n) is 19.5. The predicted molar refractivity (Wildman–Crippen MR) is 393 cm³/mol. The van der Waals surface area contributed by atoms with Crippen LogP contribution in [-0.2, 0) is 14.3 Å². The molecule has 0 heterocycles. The molecule has 0 radical (unpaired) electrons. The fraction of sp³-hybridized carbons (Fsp3) is 0.928. The molecule has 3 N–H and O–H groups in total. The Balaban J connectivity index is 3.34. The third-order valence-corrected chi connectivity index (χ3v) is 19.5. The summed E-state index contributed by atoms with van der Waals surface area (Å²) >= 11 is 0. The first-order valence-corrected chi connectivity index (χ1v) is 41.1. The summed E-state index contributed by atoms with van der Waals surface area (Å²) in [5, 5.41) is 23.5. The van der Waals surface area contributed by atoms with E-state index in [9.17, 15) is 19.8 Å². The van der Waals surface area contributed by atoms with Crippen molar-refractivity contribution >= 4 is 11.9 Å². The molecule has 0 saturated heterocycles. The van der Waals surface area contributed by atoms with Crippen molar-refractivity contribution in [2.45, 2.75) is 482 Å². The molecule has 0 aliphatic heterocycles. The van der Waals surface area contributed by atoms with E-state index in [4.69, 9.17) is 4.74 Å². The maximum absolute atomic E-state index is 12.6. The molecule has 6 nitrogen and oxygen atoms in total. The number of aliphatic hydroxyl groups is 2. The lowest BCUT2D eigenvalue weighted by Gasteiger charge is -2.22. The van der Waals surface area contributed by atoms with Crippen LogP contribution in [0.5, 0.6) is 0 Å². The number of unbranched alkanes of at least 4 members (excludes halogenated alkanes) is 63. The van der Waals surface area contributed by atoms with E-state index < -0.39 is 12.1 Å². The molecule has 2 unspecified atom stereocenters. The summed E-state index contributed by atoms with van der Waals surface area (Å²) in [6.45, 7) is 4.99. The molecule has 2 atom stereocenters. The number of esters is 1. The van der Waals surface area contributed by atoms with Crippen LogP contribution in [0.3, 0.4) is 0 Å². The number of allylic oxidation sites excluding steroid dienone is 4. The van der Waals surface area contributed by atoms with E-state index >= 15 is 0 Å². The molecule has 0 aliphatic rings. The van der Waals surface area contributed by atoms with Gasteiger partial charge >= 0.3 is 5.97 Å². The molecule has 1 amide bonds. The van der Waals surface area contributed by atoms with Crippen molar-refractivity contribution in [2.24, 2.45) is 0 Å². The summed E-state index contributed by atoms with van der Waals surface area (Å²) in [5.74, 6) is -0.0163. The molecule has 0 spiro atoms. The van der Waals surface area contributed by atoms with Gasteiger partial charge in [0.05, 0.1) is 25.4 Å². The van der Waals surface area contributed by atoms with Crippen LogP contribution in [0.4, 0.5) is 0 Å². The lowest BCUT2D eigenvalue weighted by molar-refractivity contribution is -0.143. The van der Waals surface area contributed by atoms with E-state index in [0.717, 1.165) is 51.4 Å². The van der Waals surface area contributed by atoms with Gasteiger partial charge in [-0.2, -0.15) is 0 Å². The highest BCUT2D eigenvalue weighted by atomic mass is 16.5. The van der Waals surface area contributed by atoms with E-state index in [1.807, 2.05) is 0 Å². The lowest BCUT2D eigenvalue weighted by Crippen LogP contribution is -2.45. The van der Waals surface area contributed by atoms with Crippen LogP contribution in [0.15, 0.2) is 24.3 Å². The number of hydrogen-bond donors (Lipinski definition) is 3. The molecule has 528 valence electrons. The molecule has 0 aliphatic carbocycles. The topological polar surface area (TPSA) is 95.9 Å². The van der Waals surface area contributed by atoms with Crippen LogP contribution in [0.2, 0.25) is 0 Å². The zero-order valence-corrected chi connectivity index (χ0v) is 60.7. The fourth-order valence-corrected chi connectivity index (χ4v) is 13.3. The first-order chi connectivity index (χ1) is 44.0. The first-order valence-electron chi connectivity index (χ1n) is 41.1. The number of aliphatic hydroxyl groups excluding tert-OH is 2. The van der Waals surface area contributed by atoms with Gasteiger partial charge in [0.2, 0.25) is 5.91 Å². The quantitative estimate of drug-likeness (QED) is 0.0320. The smallest absolute Gasteiger partial charge is 0.305 e. The molecule has 0 bridgehead atoms. The van der Waals surface area contributed by atoms with Gasteiger partial charge in [0, 0.05) is 12.8 Å². The van der Waals surface area contributed by atoms with Gasteiger partial charge in [-0.3, -0.25) is 9.59 Å². The number of ether oxygens (including phenoxy) is 1. The number of amides is 1. The molecule has 0 aromatic heterocycles. The van der Waals surface area contributed by atoms with Gasteiger partial charge in [-0.1, -0.05) is 423 Å². The standard InChI is InChI=1S/C83H161NO5/c1-3-5-7-9-11-13-15-17-19-21-22-23-24-32-35-38-41-44-47-51-55-59-63-67-71-75-81(86)80(79-85)84-82(87)76-72-68-64-60-56-52-48-45-42-39-36-33-30-28-26-25-27-29-31-34-37-40-43-46-50-54-58-62-66-70-74-78-89-83(88)77-73-69-65-61-57-53-49-20-18-16-14-12-10-8-6-4-2/h14,16,20,49,80-81,85-86H,3-13,15,17-19,21-48,50-79H2,1-2H3,(H,84,87)/b16-14-,49-20-. The number of carbonyl (C=O) groups excluding carboxylic acids is 2. The largest absolute Gasteiger partial charge is 0.466 e. The van der Waals surface area contributed by atoms with Crippen LogP contribution in [0.25, 0.3) is 0 Å². The fourth-order valence-electron chi connectivity index (χ4n) is 13.3. The molecule has 0 rings (SSSR count). The Bertz CT molecular complexity index is 1400. The van der Waals surface area contributed by atoms with E-state index in [0.29, 0.717) is 25.9 Å². The summed E-state index contributed by atoms with van der Waals surface area (Å²) in [7, 11) is 0. The van der Waals surface area contributed by atoms with Crippen LogP contribution < -0.4 is 5.32 Å². The van der Waals surface area contributed by atoms with Crippen molar-refractivity contribution in [3.63, 3.8) is 0 Å². The Hall–Kier alpha value is -1.66. The molecule has 0 fully saturated rings. The summed E-state index contributed by atoms with van der Waals surface area (Å²) < 4.78 is 5.50. The number of rotatable bonds is 78. The zero-order chi connectivity index (χ0) is 64.2. The first kappa shape index (κ1) is 87.3. The van der Waals surface area contributed by atoms with Gasteiger partial charge in [-0.05, 0) is 57.8 Å². The highest BCUT2D eigenvalue weighted by molar-refractivity contribution is 5.76. The van der Waals surface area contributed by atoms with Crippen molar-refractivity contribution in [2.75, 3.05) is 13.2 Å². The van der Waals surface area contributed by atoms with Crippen molar-refractivity contribution in [3.05, 3.63) is 24.3 Å². The van der Waals surface area contributed by atoms with Crippen molar-refractivity contribution in [3.8, 4) is 0 Å². The lowest BCUT2D eigenvalue weighted by atomic mass is 10.0. The van der Waals surface area contributed by atoms with Gasteiger partial charge in [0.25, 0.3) is 0 Å². The summed E-state index contributed by atoms with van der Waals surface area (Å²) in [6, 6.07) is -0.540. The highest BCUT2D eigenvalue weighted by Crippen LogP contribution is 2.21. The molecule has 0 saturated carbocycles. The SMILES string of the molecule is CCCCCC/C=C\C/C=C\CCCCCCCC(=O)OCCCCCCCCCCCCCCCCCCCCCCCCCCCCCCCCCC(=O)NC(CO)C(O)CCCCCCCCCCCCCCCCCCCCCCCCCCC. The number of carbonyl (C=O) groups is 2. The normalized spacial score (nSPS) is 12.5. The second-order valence-corrected chi connectivity index (χ2v) is 28.5. The van der Waals surface area contributed by atoms with Gasteiger partial charge < -0.3 is 20.3 Å². The Morgan fingerprint density at radius 2 is 0.562 bits per heavy atom. The molecular weight excluding hydrogens is 1090 g/mol. The predicted octanol–water partition coefficient (Wildman–Crippen LogP) is 27.2. The van der Waals surface area contributed by atoms with Crippen LogP contribution in [-0.4, -0.2) is 47.4 Å². The minimum Gasteiger partial charge on any atom is -0.466 e. The van der Waals surface area contributed by atoms with Gasteiger partial charge in [-0.15, -0.1) is 0 Å². The third kappa shape index (κ3) is 75.3. The average Bonchev–Trinajstić information content (AvgIpc) is 3.64. The summed E-state index contributed by atoms with van der Waals surface area (Å²) in [4.78, 5) is 24.7. The highest BCUT2D eigenvalue weighted by Gasteiger charge is 2.20. The average molecular weight is 1250 g/mol. The number of hydrogen-bond acceptors (Lipinski definition) is 5. The van der Waals surface area contributed by atoms with Crippen molar-refractivity contribution < 1.29 is 24.5 Å². The van der Waals surface area contributed by atoms with Crippen molar-refractivity contribution in [1.29, 1.82) is 0 Å². The Morgan fingerprint density at radius 1 is 0.315 bits per heavy atom. The molecule has 6 heteroatoms.